The van der Waals surface area contributed by atoms with Gasteiger partial charge in [0.1, 0.15) is 11.2 Å². The molecule has 0 N–H and O–H groups in total. The van der Waals surface area contributed by atoms with Gasteiger partial charge in [-0.2, -0.15) is 0 Å². The van der Waals surface area contributed by atoms with Crippen LogP contribution in [0.1, 0.15) is 11.4 Å². The molecule has 0 aliphatic rings. The second-order valence-electron chi connectivity index (χ2n) is 2.91. The first kappa shape index (κ1) is 8.56. The van der Waals surface area contributed by atoms with Crippen LogP contribution in [0.15, 0.2) is 15.5 Å². The van der Waals surface area contributed by atoms with Crippen molar-refractivity contribution in [2.24, 2.45) is 0 Å². The van der Waals surface area contributed by atoms with Crippen LogP contribution in [0.25, 0.3) is 11.1 Å². The van der Waals surface area contributed by atoms with Crippen LogP contribution < -0.4 is 0 Å². The van der Waals surface area contributed by atoms with Crippen LogP contribution in [0.4, 0.5) is 0 Å². The molecule has 0 aliphatic carbocycles. The van der Waals surface area contributed by atoms with Gasteiger partial charge in [-0.3, -0.25) is 0 Å². The van der Waals surface area contributed by atoms with Gasteiger partial charge in [0, 0.05) is 5.69 Å². The van der Waals surface area contributed by atoms with Crippen molar-refractivity contribution >= 4 is 22.9 Å². The summed E-state index contributed by atoms with van der Waals surface area (Å²) in [4.78, 5) is 5.47. The molecule has 0 aromatic carbocycles. The van der Waals surface area contributed by atoms with Gasteiger partial charge in [0.15, 0.2) is 5.58 Å². The second-order valence-corrected chi connectivity index (χ2v) is 3.76. The average Bonchev–Trinajstić information content (AvgIpc) is 2.47. The summed E-state index contributed by atoms with van der Waals surface area (Å²) in [7, 11) is 0. The third-order valence-corrected chi connectivity index (χ3v) is 2.65. The van der Waals surface area contributed by atoms with Crippen LogP contribution in [0.3, 0.4) is 0 Å². The third kappa shape index (κ3) is 1.31. The fourth-order valence-electron chi connectivity index (χ4n) is 1.27. The van der Waals surface area contributed by atoms with E-state index in [1.165, 1.54) is 0 Å². The molecule has 0 saturated heterocycles. The van der Waals surface area contributed by atoms with Crippen molar-refractivity contribution in [1.82, 2.24) is 10.1 Å². The summed E-state index contributed by atoms with van der Waals surface area (Å²) in [5, 5.41) is 3.89. The molecule has 0 atom stereocenters. The average molecular weight is 194 g/mol. The Balaban J connectivity index is 2.84. The predicted octanol–water partition coefficient (Wildman–Crippen LogP) is 2.56. The van der Waals surface area contributed by atoms with Gasteiger partial charge in [0.2, 0.25) is 0 Å². The Labute approximate surface area is 80.5 Å². The summed E-state index contributed by atoms with van der Waals surface area (Å²) in [6.45, 7) is 3.88. The summed E-state index contributed by atoms with van der Waals surface area (Å²) in [6.07, 6.45) is 2.02. The van der Waals surface area contributed by atoms with Crippen molar-refractivity contribution in [3.63, 3.8) is 0 Å². The molecule has 2 aromatic heterocycles. The number of aromatic nitrogens is 2. The van der Waals surface area contributed by atoms with E-state index in [2.05, 4.69) is 10.1 Å². The zero-order valence-corrected chi connectivity index (χ0v) is 8.60. The Morgan fingerprint density at radius 1 is 1.38 bits per heavy atom. The van der Waals surface area contributed by atoms with Crippen LogP contribution in [0, 0.1) is 13.8 Å². The molecule has 0 unspecified atom stereocenters. The maximum atomic E-state index is 5.19. The first-order valence-electron chi connectivity index (χ1n) is 4.00. The molecule has 3 nitrogen and oxygen atoms in total. The van der Waals surface area contributed by atoms with Gasteiger partial charge in [0.25, 0.3) is 0 Å². The fourth-order valence-corrected chi connectivity index (χ4v) is 1.88. The predicted molar refractivity (Wildman–Crippen MR) is 53.1 cm³/mol. The van der Waals surface area contributed by atoms with Crippen LogP contribution in [-0.4, -0.2) is 16.4 Å². The number of hydrogen-bond donors (Lipinski definition) is 0. The lowest BCUT2D eigenvalue weighted by molar-refractivity contribution is 0.446. The van der Waals surface area contributed by atoms with Gasteiger partial charge in [-0.1, -0.05) is 5.16 Å². The van der Waals surface area contributed by atoms with Crippen LogP contribution >= 0.6 is 11.8 Å². The highest BCUT2D eigenvalue weighted by Crippen LogP contribution is 2.27. The van der Waals surface area contributed by atoms with Crippen LogP contribution in [0.2, 0.25) is 0 Å². The molecule has 13 heavy (non-hydrogen) atoms. The van der Waals surface area contributed by atoms with E-state index >= 15 is 0 Å². The van der Waals surface area contributed by atoms with Crippen molar-refractivity contribution in [1.29, 1.82) is 0 Å². The SMILES string of the molecule is CSc1cc(C)nc2c(C)noc12. The molecular formula is C9H10N2OS. The normalized spacial score (nSPS) is 11.0. The van der Waals surface area contributed by atoms with Gasteiger partial charge < -0.3 is 4.52 Å². The zero-order valence-electron chi connectivity index (χ0n) is 7.79. The molecule has 2 heterocycles. The van der Waals surface area contributed by atoms with E-state index in [0.29, 0.717) is 0 Å². The Hall–Kier alpha value is -1.03. The number of fused-ring (bicyclic) bond motifs is 1. The van der Waals surface area contributed by atoms with E-state index in [1.54, 1.807) is 11.8 Å². The molecule has 0 fully saturated rings. The van der Waals surface area contributed by atoms with E-state index in [0.717, 1.165) is 27.4 Å². The lowest BCUT2D eigenvalue weighted by Crippen LogP contribution is -1.84. The highest BCUT2D eigenvalue weighted by molar-refractivity contribution is 7.98. The zero-order chi connectivity index (χ0) is 9.42. The molecule has 0 aliphatic heterocycles. The Morgan fingerprint density at radius 2 is 2.15 bits per heavy atom. The number of hydrogen-bond acceptors (Lipinski definition) is 4. The molecule has 0 bridgehead atoms. The molecule has 0 amide bonds. The fraction of sp³-hybridized carbons (Fsp3) is 0.333. The second kappa shape index (κ2) is 3.03. The van der Waals surface area contributed by atoms with E-state index in [4.69, 9.17) is 4.52 Å². The minimum Gasteiger partial charge on any atom is -0.353 e. The molecule has 2 rings (SSSR count). The van der Waals surface area contributed by atoms with Crippen LogP contribution in [0.5, 0.6) is 0 Å². The molecule has 68 valence electrons. The lowest BCUT2D eigenvalue weighted by Gasteiger charge is -1.97. The number of nitrogens with zero attached hydrogens (tertiary/aromatic N) is 2. The third-order valence-electron chi connectivity index (χ3n) is 1.90. The minimum absolute atomic E-state index is 0.801. The molecule has 0 spiro atoms. The highest BCUT2D eigenvalue weighted by atomic mass is 32.2. The minimum atomic E-state index is 0.801. The lowest BCUT2D eigenvalue weighted by atomic mass is 10.3. The van der Waals surface area contributed by atoms with E-state index < -0.39 is 0 Å². The van der Waals surface area contributed by atoms with Crippen molar-refractivity contribution in [2.45, 2.75) is 18.7 Å². The van der Waals surface area contributed by atoms with Gasteiger partial charge in [-0.25, -0.2) is 4.98 Å². The van der Waals surface area contributed by atoms with Gasteiger partial charge in [-0.05, 0) is 26.2 Å². The quantitative estimate of drug-likeness (QED) is 0.654. The Bertz CT molecular complexity index is 450. The number of aryl methyl sites for hydroxylation is 2. The summed E-state index contributed by atoms with van der Waals surface area (Å²) in [6, 6.07) is 2.01. The first-order chi connectivity index (χ1) is 6.22. The molecule has 0 saturated carbocycles. The largest absolute Gasteiger partial charge is 0.353 e. The summed E-state index contributed by atoms with van der Waals surface area (Å²) in [5.74, 6) is 0. The van der Waals surface area contributed by atoms with Crippen molar-refractivity contribution in [3.8, 4) is 0 Å². The maximum Gasteiger partial charge on any atom is 0.199 e. The van der Waals surface area contributed by atoms with Crippen molar-refractivity contribution in [2.75, 3.05) is 6.26 Å². The molecule has 4 heteroatoms. The van der Waals surface area contributed by atoms with Crippen molar-refractivity contribution < 1.29 is 4.52 Å². The molecule has 2 aromatic rings. The topological polar surface area (TPSA) is 38.9 Å². The van der Waals surface area contributed by atoms with Gasteiger partial charge in [0.05, 0.1) is 4.90 Å². The standard InChI is InChI=1S/C9H10N2OS/c1-5-4-7(13-3)9-8(10-5)6(2)11-12-9/h4H,1-3H3. The van der Waals surface area contributed by atoms with E-state index in [1.807, 2.05) is 26.2 Å². The van der Waals surface area contributed by atoms with E-state index in [-0.39, 0.29) is 0 Å². The number of rotatable bonds is 1. The summed E-state index contributed by atoms with van der Waals surface area (Å²) in [5.41, 5.74) is 3.54. The Morgan fingerprint density at radius 3 is 2.85 bits per heavy atom. The first-order valence-corrected chi connectivity index (χ1v) is 5.22. The van der Waals surface area contributed by atoms with Crippen LogP contribution in [-0.2, 0) is 0 Å². The molecule has 0 radical (unpaired) electrons. The van der Waals surface area contributed by atoms with Gasteiger partial charge >= 0.3 is 0 Å². The maximum absolute atomic E-state index is 5.19. The van der Waals surface area contributed by atoms with Crippen molar-refractivity contribution in [3.05, 3.63) is 17.5 Å². The smallest absolute Gasteiger partial charge is 0.199 e. The highest BCUT2D eigenvalue weighted by Gasteiger charge is 2.10. The summed E-state index contributed by atoms with van der Waals surface area (Å²) < 4.78 is 5.19. The number of thioether (sulfide) groups is 1. The molecular weight excluding hydrogens is 184 g/mol. The monoisotopic (exact) mass is 194 g/mol. The number of pyridine rings is 1. The van der Waals surface area contributed by atoms with E-state index in [9.17, 15) is 0 Å². The summed E-state index contributed by atoms with van der Waals surface area (Å²) >= 11 is 1.65. The van der Waals surface area contributed by atoms with Gasteiger partial charge in [-0.15, -0.1) is 11.8 Å². The Kier molecular flexibility index (Phi) is 2.00.